The molecule has 0 bridgehead atoms. The summed E-state index contributed by atoms with van der Waals surface area (Å²) in [5.41, 5.74) is 0. The van der Waals surface area contributed by atoms with Crippen LogP contribution in [0.5, 0.6) is 5.75 Å². The summed E-state index contributed by atoms with van der Waals surface area (Å²) in [6.45, 7) is 0. The molecule has 2 N–H and O–H groups in total. The molecule has 0 aliphatic rings. The van der Waals surface area contributed by atoms with Crippen molar-refractivity contribution in [3.8, 4) is 11.8 Å². The Morgan fingerprint density at radius 2 is 2.18 bits per heavy atom. The molecule has 1 aromatic heterocycles. The number of thiophene rings is 1. The summed E-state index contributed by atoms with van der Waals surface area (Å²) >= 11 is 1.08. The predicted octanol–water partition coefficient (Wildman–Crippen LogP) is 1.43. The first-order valence-electron chi connectivity index (χ1n) is 4.51. The number of nitriles is 1. The lowest BCUT2D eigenvalue weighted by atomic mass is 10.2. The second kappa shape index (κ2) is 4.00. The van der Waals surface area contributed by atoms with E-state index in [2.05, 4.69) is 0 Å². The second-order valence-electron chi connectivity index (χ2n) is 3.28. The van der Waals surface area contributed by atoms with E-state index in [0.29, 0.717) is 15.8 Å². The van der Waals surface area contributed by atoms with Crippen molar-refractivity contribution < 1.29 is 13.2 Å². The fourth-order valence-electron chi connectivity index (χ4n) is 1.54. The van der Waals surface area contributed by atoms with E-state index in [9.17, 15) is 8.42 Å². The lowest BCUT2D eigenvalue weighted by molar-refractivity contribution is 0.415. The zero-order valence-electron chi connectivity index (χ0n) is 8.80. The standard InChI is InChI=1S/C10H8N2O3S2/c1-15-6-2-3-7-8(4-6)16-9(5-11)10(7)17(12,13)14/h2-4H,1H3,(H2,12,13,14). The Bertz CT molecular complexity index is 726. The maximum absolute atomic E-state index is 11.4. The van der Waals surface area contributed by atoms with Crippen molar-refractivity contribution in [1.82, 2.24) is 0 Å². The molecular formula is C10H8N2O3S2. The zero-order valence-corrected chi connectivity index (χ0v) is 10.4. The van der Waals surface area contributed by atoms with Gasteiger partial charge in [-0.25, -0.2) is 13.6 Å². The van der Waals surface area contributed by atoms with Crippen molar-refractivity contribution >= 4 is 31.4 Å². The molecule has 1 heterocycles. The van der Waals surface area contributed by atoms with E-state index < -0.39 is 10.0 Å². The van der Waals surface area contributed by atoms with E-state index in [1.165, 1.54) is 7.11 Å². The lowest BCUT2D eigenvalue weighted by Gasteiger charge is -1.99. The maximum atomic E-state index is 11.4. The largest absolute Gasteiger partial charge is 0.497 e. The Balaban J connectivity index is 2.88. The van der Waals surface area contributed by atoms with Crippen LogP contribution in [-0.4, -0.2) is 15.5 Å². The van der Waals surface area contributed by atoms with Crippen LogP contribution in [0.15, 0.2) is 23.1 Å². The molecule has 0 atom stereocenters. The number of hydrogen-bond donors (Lipinski definition) is 1. The fraction of sp³-hybridized carbons (Fsp3) is 0.100. The number of primary sulfonamides is 1. The molecule has 2 aromatic rings. The van der Waals surface area contributed by atoms with Gasteiger partial charge in [0.05, 0.1) is 7.11 Å². The number of hydrogen-bond acceptors (Lipinski definition) is 5. The van der Waals surface area contributed by atoms with E-state index in [-0.39, 0.29) is 9.77 Å². The van der Waals surface area contributed by atoms with Crippen molar-refractivity contribution in [2.24, 2.45) is 5.14 Å². The Morgan fingerprint density at radius 1 is 1.47 bits per heavy atom. The molecule has 88 valence electrons. The van der Waals surface area contributed by atoms with Crippen LogP contribution in [0.25, 0.3) is 10.1 Å². The van der Waals surface area contributed by atoms with Gasteiger partial charge < -0.3 is 4.74 Å². The van der Waals surface area contributed by atoms with Crippen LogP contribution in [0.2, 0.25) is 0 Å². The van der Waals surface area contributed by atoms with Crippen LogP contribution in [0.4, 0.5) is 0 Å². The number of nitrogens with zero attached hydrogens (tertiary/aromatic N) is 1. The Kier molecular flexibility index (Phi) is 2.79. The van der Waals surface area contributed by atoms with Gasteiger partial charge in [-0.2, -0.15) is 5.26 Å². The first-order valence-corrected chi connectivity index (χ1v) is 6.87. The molecule has 0 amide bonds. The van der Waals surface area contributed by atoms with Gasteiger partial charge in [0.25, 0.3) is 0 Å². The lowest BCUT2D eigenvalue weighted by Crippen LogP contribution is -2.12. The Labute approximate surface area is 102 Å². The number of methoxy groups -OCH3 is 1. The molecule has 0 saturated heterocycles. The number of nitrogens with two attached hydrogens (primary N) is 1. The predicted molar refractivity (Wildman–Crippen MR) is 64.5 cm³/mol. The smallest absolute Gasteiger partial charge is 0.240 e. The molecular weight excluding hydrogens is 260 g/mol. The Hall–Kier alpha value is -1.62. The van der Waals surface area contributed by atoms with E-state index in [1.54, 1.807) is 18.2 Å². The normalized spacial score (nSPS) is 11.4. The number of sulfonamides is 1. The second-order valence-corrected chi connectivity index (χ2v) is 5.83. The SMILES string of the molecule is COc1ccc2c(S(N)(=O)=O)c(C#N)sc2c1. The van der Waals surface area contributed by atoms with Gasteiger partial charge in [0, 0.05) is 10.1 Å². The highest BCUT2D eigenvalue weighted by Crippen LogP contribution is 2.35. The average Bonchev–Trinajstić information content (AvgIpc) is 2.65. The van der Waals surface area contributed by atoms with Gasteiger partial charge in [0.2, 0.25) is 10.0 Å². The number of rotatable bonds is 2. The zero-order chi connectivity index (χ0) is 12.6. The maximum Gasteiger partial charge on any atom is 0.240 e. The van der Waals surface area contributed by atoms with Crippen molar-refractivity contribution in [1.29, 1.82) is 5.26 Å². The third kappa shape index (κ3) is 1.98. The van der Waals surface area contributed by atoms with Crippen LogP contribution >= 0.6 is 11.3 Å². The van der Waals surface area contributed by atoms with Crippen molar-refractivity contribution in [2.75, 3.05) is 7.11 Å². The highest BCUT2D eigenvalue weighted by molar-refractivity contribution is 7.89. The van der Waals surface area contributed by atoms with Crippen molar-refractivity contribution in [2.45, 2.75) is 4.90 Å². The van der Waals surface area contributed by atoms with Crippen molar-refractivity contribution in [3.63, 3.8) is 0 Å². The van der Waals surface area contributed by atoms with Gasteiger partial charge in [0.15, 0.2) is 0 Å². The average molecular weight is 268 g/mol. The molecule has 17 heavy (non-hydrogen) atoms. The molecule has 0 aliphatic carbocycles. The van der Waals surface area contributed by atoms with Crippen LogP contribution < -0.4 is 9.88 Å². The summed E-state index contributed by atoms with van der Waals surface area (Å²) in [6, 6.07) is 6.74. The topological polar surface area (TPSA) is 93.2 Å². The summed E-state index contributed by atoms with van der Waals surface area (Å²) in [5.74, 6) is 0.601. The molecule has 0 fully saturated rings. The Morgan fingerprint density at radius 3 is 2.71 bits per heavy atom. The van der Waals surface area contributed by atoms with Crippen LogP contribution in [0.1, 0.15) is 4.88 Å². The summed E-state index contributed by atoms with van der Waals surface area (Å²) in [6.07, 6.45) is 0. The molecule has 0 spiro atoms. The minimum absolute atomic E-state index is 0.0933. The molecule has 5 nitrogen and oxygen atoms in total. The first kappa shape index (κ1) is 11.9. The molecule has 7 heteroatoms. The van der Waals surface area contributed by atoms with Crippen LogP contribution in [0, 0.1) is 11.3 Å². The first-order chi connectivity index (χ1) is 7.97. The van der Waals surface area contributed by atoms with Gasteiger partial charge in [-0.1, -0.05) is 0 Å². The van der Waals surface area contributed by atoms with Crippen LogP contribution in [-0.2, 0) is 10.0 Å². The highest BCUT2D eigenvalue weighted by Gasteiger charge is 2.21. The molecule has 0 saturated carbocycles. The van der Waals surface area contributed by atoms with Gasteiger partial charge in [-0.05, 0) is 18.2 Å². The molecule has 0 radical (unpaired) electrons. The summed E-state index contributed by atoms with van der Waals surface area (Å²) in [4.78, 5) is -0.0154. The summed E-state index contributed by atoms with van der Waals surface area (Å²) in [7, 11) is -2.39. The van der Waals surface area contributed by atoms with E-state index in [0.717, 1.165) is 11.3 Å². The van der Waals surface area contributed by atoms with E-state index in [1.807, 2.05) is 6.07 Å². The van der Waals surface area contributed by atoms with Crippen molar-refractivity contribution in [3.05, 3.63) is 23.1 Å². The third-order valence-corrected chi connectivity index (χ3v) is 4.42. The van der Waals surface area contributed by atoms with Gasteiger partial charge in [-0.3, -0.25) is 0 Å². The highest BCUT2D eigenvalue weighted by atomic mass is 32.2. The number of ether oxygens (including phenoxy) is 1. The van der Waals surface area contributed by atoms with Gasteiger partial charge in [-0.15, -0.1) is 11.3 Å². The van der Waals surface area contributed by atoms with E-state index >= 15 is 0 Å². The van der Waals surface area contributed by atoms with Gasteiger partial charge in [0.1, 0.15) is 21.6 Å². The van der Waals surface area contributed by atoms with Gasteiger partial charge >= 0.3 is 0 Å². The molecule has 1 aromatic carbocycles. The minimum atomic E-state index is -3.90. The molecule has 0 unspecified atom stereocenters. The quantitative estimate of drug-likeness (QED) is 0.891. The minimum Gasteiger partial charge on any atom is -0.497 e. The number of benzene rings is 1. The van der Waals surface area contributed by atoms with Crippen LogP contribution in [0.3, 0.4) is 0 Å². The summed E-state index contributed by atoms with van der Waals surface area (Å²) in [5, 5.41) is 14.5. The van der Waals surface area contributed by atoms with E-state index in [4.69, 9.17) is 15.1 Å². The fourth-order valence-corrected chi connectivity index (χ4v) is 3.79. The monoisotopic (exact) mass is 268 g/mol. The third-order valence-electron chi connectivity index (χ3n) is 2.24. The summed E-state index contributed by atoms with van der Waals surface area (Å²) < 4.78 is 28.6. The number of fused-ring (bicyclic) bond motifs is 1. The molecule has 2 rings (SSSR count). The molecule has 0 aliphatic heterocycles.